The van der Waals surface area contributed by atoms with Gasteiger partial charge in [0, 0.05) is 10.6 Å². The molecule has 4 nitrogen and oxygen atoms in total. The van der Waals surface area contributed by atoms with Crippen molar-refractivity contribution in [3.8, 4) is 11.4 Å². The minimum Gasteiger partial charge on any atom is -0.207 e. The van der Waals surface area contributed by atoms with Gasteiger partial charge in [-0.05, 0) is 48.9 Å². The zero-order valence-electron chi connectivity index (χ0n) is 12.6. The van der Waals surface area contributed by atoms with Crippen molar-refractivity contribution >= 4 is 29.1 Å². The third-order valence-electron chi connectivity index (χ3n) is 3.73. The maximum atomic E-state index is 13.2. The van der Waals surface area contributed by atoms with Crippen molar-refractivity contribution in [2.45, 2.75) is 17.3 Å². The molecule has 1 aliphatic rings. The fourth-order valence-electron chi connectivity index (χ4n) is 2.52. The van der Waals surface area contributed by atoms with Crippen LogP contribution in [0.3, 0.4) is 0 Å². The quantitative estimate of drug-likeness (QED) is 0.678. The summed E-state index contributed by atoms with van der Waals surface area (Å²) in [6, 6.07) is 13.7. The van der Waals surface area contributed by atoms with Gasteiger partial charge >= 0.3 is 0 Å². The fourth-order valence-corrected chi connectivity index (χ4v) is 3.58. The highest BCUT2D eigenvalue weighted by Crippen LogP contribution is 2.33. The molecule has 24 heavy (non-hydrogen) atoms. The maximum Gasteiger partial charge on any atom is 0.213 e. The second kappa shape index (κ2) is 6.03. The molecule has 0 radical (unpaired) electrons. The zero-order valence-corrected chi connectivity index (χ0v) is 14.2. The van der Waals surface area contributed by atoms with E-state index in [2.05, 4.69) is 10.2 Å². The predicted molar refractivity (Wildman–Crippen MR) is 94.1 cm³/mol. The lowest BCUT2D eigenvalue weighted by molar-refractivity contribution is 0.627. The van der Waals surface area contributed by atoms with Crippen LogP contribution in [0.15, 0.2) is 58.8 Å². The first-order chi connectivity index (χ1) is 11.6. The van der Waals surface area contributed by atoms with Gasteiger partial charge in [-0.3, -0.25) is 0 Å². The van der Waals surface area contributed by atoms with Gasteiger partial charge in [0.1, 0.15) is 5.82 Å². The molecule has 2 heterocycles. The fraction of sp³-hybridized carbons (Fsp3) is 0.118. The zero-order chi connectivity index (χ0) is 16.7. The van der Waals surface area contributed by atoms with Gasteiger partial charge in [0.05, 0.1) is 11.0 Å². The van der Waals surface area contributed by atoms with Crippen LogP contribution in [0.4, 0.5) is 4.39 Å². The van der Waals surface area contributed by atoms with Crippen LogP contribution in [0.1, 0.15) is 12.5 Å². The first-order valence-electron chi connectivity index (χ1n) is 7.34. The second-order valence-corrected chi connectivity index (χ2v) is 7.12. The first-order valence-corrected chi connectivity index (χ1v) is 8.60. The van der Waals surface area contributed by atoms with E-state index in [1.165, 1.54) is 12.1 Å². The Balaban J connectivity index is 1.81. The smallest absolute Gasteiger partial charge is 0.207 e. The van der Waals surface area contributed by atoms with E-state index in [1.807, 2.05) is 31.2 Å². The van der Waals surface area contributed by atoms with E-state index < -0.39 is 0 Å². The number of benzene rings is 2. The summed E-state index contributed by atoms with van der Waals surface area (Å²) in [5.74, 6) is 0.392. The lowest BCUT2D eigenvalue weighted by Crippen LogP contribution is -2.21. The van der Waals surface area contributed by atoms with Gasteiger partial charge < -0.3 is 0 Å². The number of aromatic nitrogens is 3. The Labute approximate surface area is 147 Å². The van der Waals surface area contributed by atoms with Crippen molar-refractivity contribution in [3.05, 3.63) is 64.9 Å². The van der Waals surface area contributed by atoms with Crippen molar-refractivity contribution in [2.24, 2.45) is 5.10 Å². The van der Waals surface area contributed by atoms with E-state index in [0.29, 0.717) is 10.8 Å². The molecule has 0 N–H and O–H groups in total. The molecule has 1 aliphatic heterocycles. The van der Waals surface area contributed by atoms with Gasteiger partial charge in [0.25, 0.3) is 0 Å². The summed E-state index contributed by atoms with van der Waals surface area (Å²) < 4.78 is 14.9. The third-order valence-corrected chi connectivity index (χ3v) is 5.02. The van der Waals surface area contributed by atoms with Crippen LogP contribution in [0.2, 0.25) is 5.02 Å². The summed E-state index contributed by atoms with van der Waals surface area (Å²) in [5, 5.41) is 14.7. The lowest BCUT2D eigenvalue weighted by Gasteiger charge is -2.19. The Kier molecular flexibility index (Phi) is 3.86. The molecule has 4 rings (SSSR count). The van der Waals surface area contributed by atoms with Crippen LogP contribution < -0.4 is 0 Å². The second-order valence-electron chi connectivity index (χ2n) is 5.38. The van der Waals surface area contributed by atoms with Gasteiger partial charge in [0.2, 0.25) is 5.16 Å². The normalized spacial score (nSPS) is 16.6. The number of fused-ring (bicyclic) bond motifs is 1. The van der Waals surface area contributed by atoms with Crippen molar-refractivity contribution in [2.75, 3.05) is 0 Å². The first kappa shape index (κ1) is 15.4. The molecule has 0 saturated heterocycles. The van der Waals surface area contributed by atoms with Crippen LogP contribution in [-0.4, -0.2) is 25.8 Å². The largest absolute Gasteiger partial charge is 0.213 e. The van der Waals surface area contributed by atoms with E-state index in [-0.39, 0.29) is 11.1 Å². The van der Waals surface area contributed by atoms with E-state index >= 15 is 0 Å². The van der Waals surface area contributed by atoms with Crippen molar-refractivity contribution in [1.29, 1.82) is 0 Å². The van der Waals surface area contributed by atoms with Crippen molar-refractivity contribution < 1.29 is 4.39 Å². The summed E-state index contributed by atoms with van der Waals surface area (Å²) in [6.45, 7) is 2.05. The number of rotatable bonds is 2. The van der Waals surface area contributed by atoms with Crippen molar-refractivity contribution in [1.82, 2.24) is 14.9 Å². The van der Waals surface area contributed by atoms with Gasteiger partial charge in [-0.1, -0.05) is 35.5 Å². The minimum absolute atomic E-state index is 0.102. The number of hydrogen-bond acceptors (Lipinski definition) is 4. The third kappa shape index (κ3) is 2.72. The number of thioether (sulfide) groups is 1. The number of nitrogens with zero attached hydrogens (tertiary/aromatic N) is 4. The molecular formula is C17H12ClFN4S. The Morgan fingerprint density at radius 3 is 2.38 bits per heavy atom. The Bertz CT molecular complexity index is 919. The van der Waals surface area contributed by atoms with E-state index in [9.17, 15) is 4.39 Å². The molecule has 1 atom stereocenters. The van der Waals surface area contributed by atoms with Gasteiger partial charge in [-0.25, -0.2) is 4.39 Å². The van der Waals surface area contributed by atoms with Crippen LogP contribution >= 0.6 is 23.4 Å². The monoisotopic (exact) mass is 358 g/mol. The minimum atomic E-state index is -0.262. The topological polar surface area (TPSA) is 43.1 Å². The van der Waals surface area contributed by atoms with Gasteiger partial charge in [-0.15, -0.1) is 10.2 Å². The molecule has 1 aromatic heterocycles. The standard InChI is InChI=1S/C17H12ClFN4S/c1-10-15(11-4-8-14(19)9-5-11)22-23-16(20-21-17(23)24-10)12-2-6-13(18)7-3-12/h2-10H,1H3. The summed E-state index contributed by atoms with van der Waals surface area (Å²) in [5.41, 5.74) is 2.64. The summed E-state index contributed by atoms with van der Waals surface area (Å²) in [7, 11) is 0. The molecular weight excluding hydrogens is 347 g/mol. The van der Waals surface area contributed by atoms with Crippen LogP contribution in [0, 0.1) is 5.82 Å². The average Bonchev–Trinajstić information content (AvgIpc) is 2.98. The highest BCUT2D eigenvalue weighted by molar-refractivity contribution is 8.00. The SMILES string of the molecule is CC1Sc2nnc(-c3ccc(Cl)cc3)n2N=C1c1ccc(F)cc1. The van der Waals surface area contributed by atoms with Crippen LogP contribution in [-0.2, 0) is 0 Å². The van der Waals surface area contributed by atoms with Gasteiger partial charge in [-0.2, -0.15) is 9.78 Å². The van der Waals surface area contributed by atoms with Crippen LogP contribution in [0.25, 0.3) is 11.4 Å². The highest BCUT2D eigenvalue weighted by atomic mass is 35.5. The van der Waals surface area contributed by atoms with E-state index in [1.54, 1.807) is 28.6 Å². The molecule has 0 fully saturated rings. The lowest BCUT2D eigenvalue weighted by atomic mass is 10.1. The van der Waals surface area contributed by atoms with E-state index in [0.717, 1.165) is 22.0 Å². The molecule has 0 saturated carbocycles. The molecule has 0 amide bonds. The molecule has 0 aliphatic carbocycles. The average molecular weight is 359 g/mol. The molecule has 3 aromatic rings. The van der Waals surface area contributed by atoms with E-state index in [4.69, 9.17) is 16.7 Å². The maximum absolute atomic E-state index is 13.2. The highest BCUT2D eigenvalue weighted by Gasteiger charge is 2.26. The molecule has 0 spiro atoms. The summed E-state index contributed by atoms with van der Waals surface area (Å²) >= 11 is 7.52. The Hall–Kier alpha value is -2.18. The Morgan fingerprint density at radius 2 is 1.67 bits per heavy atom. The Morgan fingerprint density at radius 1 is 1.00 bits per heavy atom. The van der Waals surface area contributed by atoms with Crippen LogP contribution in [0.5, 0.6) is 0 Å². The summed E-state index contributed by atoms with van der Waals surface area (Å²) in [4.78, 5) is 0. The predicted octanol–water partition coefficient (Wildman–Crippen LogP) is 4.48. The number of hydrogen-bond donors (Lipinski definition) is 0. The van der Waals surface area contributed by atoms with Gasteiger partial charge in [0.15, 0.2) is 5.82 Å². The molecule has 7 heteroatoms. The van der Waals surface area contributed by atoms with Crippen molar-refractivity contribution in [3.63, 3.8) is 0 Å². The number of halogens is 2. The summed E-state index contributed by atoms with van der Waals surface area (Å²) in [6.07, 6.45) is 0. The molecule has 0 bridgehead atoms. The molecule has 2 aromatic carbocycles. The molecule has 1 unspecified atom stereocenters. The molecule has 120 valence electrons.